The molecule has 10 heteroatoms. The second kappa shape index (κ2) is 11.7. The van der Waals surface area contributed by atoms with Gasteiger partial charge in [0.2, 0.25) is 0 Å². The number of phenols is 1. The highest BCUT2D eigenvalue weighted by molar-refractivity contribution is 6.35. The standard InChI is InChI=1S/C33H37ClFN5O3/c1-19-17-42-18-20(2)40(19)10-5-11-43-33-37-31-27(32(38-33)39-15-22-8-9-23(16-39)36-22)14-28(34)29(30(31)35)26-13-24(41)12-21-6-3-4-7-25(21)26/h3-4,6-7,12-14,19-20,22-23,36,41H,5,8-11,15-18H2,1-2H3. The van der Waals surface area contributed by atoms with Crippen LogP contribution in [0.3, 0.4) is 0 Å². The van der Waals surface area contributed by atoms with Crippen molar-refractivity contribution in [2.24, 2.45) is 0 Å². The summed E-state index contributed by atoms with van der Waals surface area (Å²) in [5, 5.41) is 16.5. The zero-order valence-electron chi connectivity index (χ0n) is 24.5. The van der Waals surface area contributed by atoms with Crippen molar-refractivity contribution >= 4 is 39.1 Å². The third kappa shape index (κ3) is 5.48. The van der Waals surface area contributed by atoms with Crippen LogP contribution >= 0.6 is 11.6 Å². The molecule has 0 saturated carbocycles. The number of aromatic nitrogens is 2. The summed E-state index contributed by atoms with van der Waals surface area (Å²) >= 11 is 6.86. The van der Waals surface area contributed by atoms with Crippen LogP contribution in [0.2, 0.25) is 5.02 Å². The number of phenolic OH excluding ortho intramolecular Hbond substituents is 1. The van der Waals surface area contributed by atoms with Crippen LogP contribution < -0.4 is 15.0 Å². The molecule has 0 radical (unpaired) electrons. The fraction of sp³-hybridized carbons (Fsp3) is 0.455. The lowest BCUT2D eigenvalue weighted by molar-refractivity contribution is -0.0380. The molecule has 8 nitrogen and oxygen atoms in total. The van der Waals surface area contributed by atoms with E-state index in [1.54, 1.807) is 18.2 Å². The van der Waals surface area contributed by atoms with Crippen molar-refractivity contribution < 1.29 is 19.0 Å². The van der Waals surface area contributed by atoms with E-state index in [1.807, 2.05) is 24.3 Å². The molecule has 1 aromatic heterocycles. The van der Waals surface area contributed by atoms with Gasteiger partial charge >= 0.3 is 6.01 Å². The Kier molecular flexibility index (Phi) is 7.75. The Balaban J connectivity index is 1.27. The number of rotatable bonds is 7. The number of nitrogens with zero attached hydrogens (tertiary/aromatic N) is 4. The summed E-state index contributed by atoms with van der Waals surface area (Å²) in [6, 6.07) is 14.1. The number of aromatic hydroxyl groups is 1. The van der Waals surface area contributed by atoms with Gasteiger partial charge in [-0.15, -0.1) is 0 Å². The van der Waals surface area contributed by atoms with Gasteiger partial charge in [0.1, 0.15) is 17.1 Å². The Morgan fingerprint density at radius 3 is 2.56 bits per heavy atom. The van der Waals surface area contributed by atoms with Crippen molar-refractivity contribution in [1.82, 2.24) is 20.2 Å². The van der Waals surface area contributed by atoms with Crippen molar-refractivity contribution in [2.45, 2.75) is 57.3 Å². The minimum absolute atomic E-state index is 0.0388. The fourth-order valence-corrected chi connectivity index (χ4v) is 7.36. The molecule has 4 aromatic rings. The highest BCUT2D eigenvalue weighted by Gasteiger charge is 2.34. The first-order valence-electron chi connectivity index (χ1n) is 15.2. The molecular formula is C33H37ClFN5O3. The molecule has 0 amide bonds. The predicted molar refractivity (Wildman–Crippen MR) is 168 cm³/mol. The van der Waals surface area contributed by atoms with Crippen molar-refractivity contribution in [3.05, 3.63) is 53.3 Å². The maximum absolute atomic E-state index is 16.7. The number of piperazine rings is 1. The largest absolute Gasteiger partial charge is 0.508 e. The maximum atomic E-state index is 16.7. The zero-order chi connectivity index (χ0) is 29.7. The predicted octanol–water partition coefficient (Wildman–Crippen LogP) is 5.77. The van der Waals surface area contributed by atoms with Crippen LogP contribution in [0.4, 0.5) is 10.2 Å². The van der Waals surface area contributed by atoms with Crippen molar-refractivity contribution in [3.63, 3.8) is 0 Å². The molecule has 226 valence electrons. The average Bonchev–Trinajstić information content (AvgIpc) is 3.33. The average molecular weight is 606 g/mol. The molecule has 4 atom stereocenters. The van der Waals surface area contributed by atoms with E-state index < -0.39 is 5.82 Å². The number of nitrogens with one attached hydrogen (secondary N) is 1. The van der Waals surface area contributed by atoms with Gasteiger partial charge in [0.05, 0.1) is 24.8 Å². The monoisotopic (exact) mass is 605 g/mol. The van der Waals surface area contributed by atoms with Gasteiger partial charge < -0.3 is 24.8 Å². The zero-order valence-corrected chi connectivity index (χ0v) is 25.3. The molecule has 0 spiro atoms. The SMILES string of the molecule is CC1COCC(C)N1CCCOc1nc(N2CC3CCC(C2)N3)c2cc(Cl)c(-c3cc(O)cc4ccccc34)c(F)c2n1. The first-order chi connectivity index (χ1) is 20.9. The molecule has 4 unspecified atom stereocenters. The fourth-order valence-electron chi connectivity index (χ4n) is 7.07. The second-order valence-corrected chi connectivity index (χ2v) is 12.6. The maximum Gasteiger partial charge on any atom is 0.319 e. The molecule has 3 aliphatic heterocycles. The minimum atomic E-state index is -0.555. The van der Waals surface area contributed by atoms with Crippen LogP contribution in [-0.4, -0.2) is 83.6 Å². The molecule has 7 rings (SSSR count). The van der Waals surface area contributed by atoms with Crippen LogP contribution in [-0.2, 0) is 4.74 Å². The van der Waals surface area contributed by atoms with Crippen LogP contribution in [0.5, 0.6) is 11.8 Å². The van der Waals surface area contributed by atoms with E-state index in [0.717, 1.165) is 62.9 Å². The number of ether oxygens (including phenoxy) is 2. The quantitative estimate of drug-likeness (QED) is 0.257. The number of hydrogen-bond donors (Lipinski definition) is 2. The van der Waals surface area contributed by atoms with E-state index >= 15 is 4.39 Å². The van der Waals surface area contributed by atoms with Gasteiger partial charge in [-0.2, -0.15) is 9.97 Å². The Hall–Kier alpha value is -3.24. The molecule has 3 aromatic carbocycles. The lowest BCUT2D eigenvalue weighted by atomic mass is 9.96. The summed E-state index contributed by atoms with van der Waals surface area (Å²) in [7, 11) is 0. The summed E-state index contributed by atoms with van der Waals surface area (Å²) in [6.07, 6.45) is 3.00. The van der Waals surface area contributed by atoms with E-state index in [4.69, 9.17) is 26.1 Å². The van der Waals surface area contributed by atoms with Crippen molar-refractivity contribution in [2.75, 3.05) is 44.4 Å². The van der Waals surface area contributed by atoms with Gasteiger partial charge in [-0.05, 0) is 67.6 Å². The number of halogens is 2. The summed E-state index contributed by atoms with van der Waals surface area (Å²) in [5.41, 5.74) is 0.872. The van der Waals surface area contributed by atoms with Crippen LogP contribution in [0.25, 0.3) is 32.8 Å². The summed E-state index contributed by atoms with van der Waals surface area (Å²) in [5.74, 6) is 0.125. The highest BCUT2D eigenvalue weighted by Crippen LogP contribution is 2.42. The third-order valence-corrected chi connectivity index (χ3v) is 9.41. The minimum Gasteiger partial charge on any atom is -0.508 e. The highest BCUT2D eigenvalue weighted by atomic mass is 35.5. The Morgan fingerprint density at radius 1 is 1.05 bits per heavy atom. The summed E-state index contributed by atoms with van der Waals surface area (Å²) in [4.78, 5) is 14.1. The summed E-state index contributed by atoms with van der Waals surface area (Å²) in [6.45, 7) is 8.63. The summed E-state index contributed by atoms with van der Waals surface area (Å²) < 4.78 is 28.5. The van der Waals surface area contributed by atoms with E-state index in [2.05, 4.69) is 33.9 Å². The number of anilines is 1. The molecule has 0 aliphatic carbocycles. The van der Waals surface area contributed by atoms with Gasteiger partial charge in [0, 0.05) is 54.8 Å². The lowest BCUT2D eigenvalue weighted by Gasteiger charge is -2.38. The normalized spacial score (nSPS) is 24.2. The molecule has 3 aliphatic rings. The van der Waals surface area contributed by atoms with E-state index in [9.17, 15) is 5.11 Å². The number of fused-ring (bicyclic) bond motifs is 4. The second-order valence-electron chi connectivity index (χ2n) is 12.2. The number of hydrogen-bond acceptors (Lipinski definition) is 8. The molecule has 2 bridgehead atoms. The van der Waals surface area contributed by atoms with Crippen molar-refractivity contribution in [1.29, 1.82) is 0 Å². The van der Waals surface area contributed by atoms with Crippen LogP contribution in [0, 0.1) is 5.82 Å². The van der Waals surface area contributed by atoms with Gasteiger partial charge in [-0.1, -0.05) is 35.9 Å². The van der Waals surface area contributed by atoms with Gasteiger partial charge in [-0.25, -0.2) is 4.39 Å². The molecule has 2 N–H and O–H groups in total. The van der Waals surface area contributed by atoms with E-state index in [-0.39, 0.29) is 27.9 Å². The van der Waals surface area contributed by atoms with Gasteiger partial charge in [0.25, 0.3) is 0 Å². The third-order valence-electron chi connectivity index (χ3n) is 9.12. The molecule has 4 heterocycles. The number of benzene rings is 3. The van der Waals surface area contributed by atoms with E-state index in [1.165, 1.54) is 0 Å². The van der Waals surface area contributed by atoms with Gasteiger partial charge in [0.15, 0.2) is 5.82 Å². The van der Waals surface area contributed by atoms with Gasteiger partial charge in [-0.3, -0.25) is 4.90 Å². The Bertz CT molecular complexity index is 1650. The van der Waals surface area contributed by atoms with Crippen LogP contribution in [0.15, 0.2) is 42.5 Å². The topological polar surface area (TPSA) is 83.0 Å². The first kappa shape index (κ1) is 28.5. The Labute approximate surface area is 255 Å². The Morgan fingerprint density at radius 2 is 1.79 bits per heavy atom. The number of morpholine rings is 1. The van der Waals surface area contributed by atoms with E-state index in [0.29, 0.717) is 47.5 Å². The molecule has 3 saturated heterocycles. The molecular weight excluding hydrogens is 569 g/mol. The molecule has 3 fully saturated rings. The first-order valence-corrected chi connectivity index (χ1v) is 15.6. The smallest absolute Gasteiger partial charge is 0.319 e. The van der Waals surface area contributed by atoms with Crippen LogP contribution in [0.1, 0.15) is 33.1 Å². The molecule has 43 heavy (non-hydrogen) atoms. The lowest BCUT2D eigenvalue weighted by Crippen LogP contribution is -2.51. The van der Waals surface area contributed by atoms with Crippen molar-refractivity contribution in [3.8, 4) is 22.9 Å².